The molecule has 3 radical (unpaired) electrons. The molecule has 1 rings (SSSR count). The predicted octanol–water partition coefficient (Wildman–Crippen LogP) is 2.29. The van der Waals surface area contributed by atoms with E-state index < -0.39 is 0 Å². The van der Waals surface area contributed by atoms with Gasteiger partial charge in [-0.15, -0.1) is 7.92 Å². The van der Waals surface area contributed by atoms with E-state index in [0.717, 1.165) is 0 Å². The lowest BCUT2D eigenvalue weighted by Gasteiger charge is -2.19. The Morgan fingerprint density at radius 2 is 1.67 bits per heavy atom. The Labute approximate surface area is 61.7 Å². The third-order valence-electron chi connectivity index (χ3n) is 1.90. The van der Waals surface area contributed by atoms with Crippen LogP contribution in [0, 0.1) is 0 Å². The summed E-state index contributed by atoms with van der Waals surface area (Å²) in [5.74, 6) is 0. The van der Waals surface area contributed by atoms with Gasteiger partial charge in [-0.2, -0.15) is 0 Å². The fourth-order valence-electron chi connectivity index (χ4n) is 1.28. The fraction of sp³-hybridized carbons (Fsp3) is 1.00. The van der Waals surface area contributed by atoms with Gasteiger partial charge in [-0.25, -0.2) is 0 Å². The minimum Gasteiger partial charge on any atom is -0.107 e. The molecule has 0 aliphatic carbocycles. The van der Waals surface area contributed by atoms with Gasteiger partial charge in [0, 0.05) is 8.41 Å². The minimum atomic E-state index is 0. The first-order valence-electron chi connectivity index (χ1n) is 3.66. The molecule has 0 N–H and O–H groups in total. The van der Waals surface area contributed by atoms with Gasteiger partial charge in [0.25, 0.3) is 0 Å². The summed E-state index contributed by atoms with van der Waals surface area (Å²) in [6, 6.07) is 0. The lowest BCUT2D eigenvalue weighted by atomic mass is 10.3. The van der Waals surface area contributed by atoms with Crippen molar-refractivity contribution >= 4 is 16.3 Å². The molecule has 0 spiro atoms. The molecule has 9 heavy (non-hydrogen) atoms. The van der Waals surface area contributed by atoms with Crippen LogP contribution >= 0.6 is 7.92 Å². The summed E-state index contributed by atoms with van der Waals surface area (Å²) in [7, 11) is 0.530. The van der Waals surface area contributed by atoms with Crippen LogP contribution in [-0.4, -0.2) is 26.9 Å². The number of hydrogen-bond donors (Lipinski definition) is 0. The Morgan fingerprint density at radius 3 is 2.00 bits per heavy atom. The van der Waals surface area contributed by atoms with Crippen LogP contribution in [0.3, 0.4) is 0 Å². The highest BCUT2D eigenvalue weighted by molar-refractivity contribution is 7.57. The van der Waals surface area contributed by atoms with Gasteiger partial charge in [0.1, 0.15) is 0 Å². The Hall–Kier alpha value is 0.495. The molecule has 0 nitrogen and oxygen atoms in total. The largest absolute Gasteiger partial charge is 0.107 e. The third kappa shape index (κ3) is 3.25. The maximum atomic E-state index is 2.34. The molecule has 0 unspecified atom stereocenters. The fourth-order valence-corrected chi connectivity index (χ4v) is 3.47. The lowest BCUT2D eigenvalue weighted by Crippen LogP contribution is -1.99. The molecule has 1 aliphatic heterocycles. The van der Waals surface area contributed by atoms with Crippen molar-refractivity contribution in [1.82, 2.24) is 0 Å². The lowest BCUT2D eigenvalue weighted by molar-refractivity contribution is 0.752. The van der Waals surface area contributed by atoms with Crippen LogP contribution < -0.4 is 0 Å². The molecular weight excluding hydrogens is 126 g/mol. The molecule has 1 saturated heterocycles. The van der Waals surface area contributed by atoms with E-state index in [1.807, 2.05) is 0 Å². The van der Waals surface area contributed by atoms with Crippen LogP contribution in [0.5, 0.6) is 0 Å². The second kappa shape index (κ2) is 5.29. The average Bonchev–Trinajstić information content (AvgIpc) is 1.90. The Bertz CT molecular complexity index is 59.9. The summed E-state index contributed by atoms with van der Waals surface area (Å²) < 4.78 is 0. The second-order valence-corrected chi connectivity index (χ2v) is 5.36. The van der Waals surface area contributed by atoms with Crippen LogP contribution in [0.1, 0.15) is 26.2 Å². The van der Waals surface area contributed by atoms with E-state index in [9.17, 15) is 0 Å². The highest BCUT2D eigenvalue weighted by Crippen LogP contribution is 2.40. The van der Waals surface area contributed by atoms with E-state index in [2.05, 4.69) is 6.92 Å². The van der Waals surface area contributed by atoms with Crippen LogP contribution in [0.25, 0.3) is 0 Å². The Kier molecular flexibility index (Phi) is 5.58. The molecule has 0 aromatic rings. The van der Waals surface area contributed by atoms with Crippen molar-refractivity contribution in [3.8, 4) is 0 Å². The van der Waals surface area contributed by atoms with Crippen molar-refractivity contribution in [2.24, 2.45) is 0 Å². The van der Waals surface area contributed by atoms with Crippen LogP contribution in [0.15, 0.2) is 0 Å². The van der Waals surface area contributed by atoms with Crippen molar-refractivity contribution < 1.29 is 0 Å². The highest BCUT2D eigenvalue weighted by Gasteiger charge is 2.08. The van der Waals surface area contributed by atoms with Crippen molar-refractivity contribution in [2.75, 3.05) is 18.5 Å². The van der Waals surface area contributed by atoms with Crippen molar-refractivity contribution in [3.63, 3.8) is 0 Å². The van der Waals surface area contributed by atoms with Gasteiger partial charge in [-0.05, 0) is 31.3 Å². The van der Waals surface area contributed by atoms with Gasteiger partial charge in [0.2, 0.25) is 0 Å². The average molecular weight is 141 g/mol. The molecule has 51 valence electrons. The van der Waals surface area contributed by atoms with Gasteiger partial charge in [0.05, 0.1) is 0 Å². The Balaban J connectivity index is 0.000000640. The van der Waals surface area contributed by atoms with E-state index in [0.29, 0.717) is 7.92 Å². The molecular formula is C7H15BP. The van der Waals surface area contributed by atoms with E-state index in [1.165, 1.54) is 25.4 Å². The quantitative estimate of drug-likeness (QED) is 0.388. The van der Waals surface area contributed by atoms with Crippen molar-refractivity contribution in [1.29, 1.82) is 0 Å². The van der Waals surface area contributed by atoms with Gasteiger partial charge in [0.15, 0.2) is 0 Å². The van der Waals surface area contributed by atoms with Gasteiger partial charge in [-0.1, -0.05) is 13.3 Å². The van der Waals surface area contributed by atoms with E-state index in [1.54, 1.807) is 12.3 Å². The van der Waals surface area contributed by atoms with Gasteiger partial charge < -0.3 is 0 Å². The molecule has 0 amide bonds. The Morgan fingerprint density at radius 1 is 1.11 bits per heavy atom. The van der Waals surface area contributed by atoms with E-state index in [4.69, 9.17) is 0 Å². The summed E-state index contributed by atoms with van der Waals surface area (Å²) in [6.07, 6.45) is 9.20. The molecule has 0 saturated carbocycles. The van der Waals surface area contributed by atoms with Crippen LogP contribution in [0.2, 0.25) is 0 Å². The summed E-state index contributed by atoms with van der Waals surface area (Å²) >= 11 is 0. The van der Waals surface area contributed by atoms with Crippen LogP contribution in [-0.2, 0) is 0 Å². The van der Waals surface area contributed by atoms with Gasteiger partial charge in [-0.3, -0.25) is 0 Å². The standard InChI is InChI=1S/C7H15P.B/c1-2-8-6-4-3-5-7-8;/h2-7H2,1H3;. The maximum absolute atomic E-state index is 2.34. The monoisotopic (exact) mass is 141 g/mol. The zero-order chi connectivity index (χ0) is 5.82. The number of hydrogen-bond acceptors (Lipinski definition) is 0. The summed E-state index contributed by atoms with van der Waals surface area (Å²) in [6.45, 7) is 2.34. The van der Waals surface area contributed by atoms with Crippen LogP contribution in [0.4, 0.5) is 0 Å². The molecule has 0 bridgehead atoms. The summed E-state index contributed by atoms with van der Waals surface area (Å²) in [4.78, 5) is 0. The van der Waals surface area contributed by atoms with Gasteiger partial charge >= 0.3 is 0 Å². The molecule has 1 aliphatic rings. The van der Waals surface area contributed by atoms with Crippen molar-refractivity contribution in [2.45, 2.75) is 26.2 Å². The zero-order valence-corrected chi connectivity index (χ0v) is 7.16. The first kappa shape index (κ1) is 9.49. The normalized spacial score (nSPS) is 21.0. The highest BCUT2D eigenvalue weighted by atomic mass is 31.1. The summed E-state index contributed by atoms with van der Waals surface area (Å²) in [5, 5.41) is 0. The first-order valence-corrected chi connectivity index (χ1v) is 5.55. The molecule has 2 heteroatoms. The second-order valence-electron chi connectivity index (χ2n) is 2.49. The molecule has 1 heterocycles. The third-order valence-corrected chi connectivity index (χ3v) is 4.69. The first-order chi connectivity index (χ1) is 3.93. The molecule has 0 atom stereocenters. The SMILES string of the molecule is CCP1CCCCC1.[B]. The smallest absolute Gasteiger partial charge is 0 e. The zero-order valence-electron chi connectivity index (χ0n) is 6.27. The topological polar surface area (TPSA) is 0 Å². The molecule has 1 fully saturated rings. The minimum absolute atomic E-state index is 0. The maximum Gasteiger partial charge on any atom is 0 e. The number of rotatable bonds is 1. The molecule has 0 aromatic carbocycles. The predicted molar refractivity (Wildman–Crippen MR) is 46.8 cm³/mol. The molecule has 0 aromatic heterocycles. The summed E-state index contributed by atoms with van der Waals surface area (Å²) in [5.41, 5.74) is 0. The van der Waals surface area contributed by atoms with E-state index >= 15 is 0 Å². The van der Waals surface area contributed by atoms with E-state index in [-0.39, 0.29) is 8.41 Å². The van der Waals surface area contributed by atoms with Crippen molar-refractivity contribution in [3.05, 3.63) is 0 Å².